The molecule has 3 aromatic rings. The molecule has 32 heavy (non-hydrogen) atoms. The number of hydrogen-bond acceptors (Lipinski definition) is 8. The fourth-order valence-corrected chi connectivity index (χ4v) is 5.69. The van der Waals surface area contributed by atoms with E-state index in [4.69, 9.17) is 4.74 Å². The van der Waals surface area contributed by atoms with Crippen LogP contribution in [-0.4, -0.2) is 38.5 Å². The van der Waals surface area contributed by atoms with Gasteiger partial charge in [0.2, 0.25) is 11.1 Å². The summed E-state index contributed by atoms with van der Waals surface area (Å²) in [4.78, 5) is 14.1. The Labute approximate surface area is 195 Å². The molecule has 1 aromatic carbocycles. The Kier molecular flexibility index (Phi) is 7.07. The largest absolute Gasteiger partial charge is 0.497 e. The van der Waals surface area contributed by atoms with Gasteiger partial charge in [0.1, 0.15) is 16.8 Å². The lowest BCUT2D eigenvalue weighted by atomic mass is 10.1. The monoisotopic (exact) mass is 468 g/mol. The van der Waals surface area contributed by atoms with E-state index in [-0.39, 0.29) is 5.91 Å². The molecule has 1 amide bonds. The zero-order chi connectivity index (χ0) is 22.5. The van der Waals surface area contributed by atoms with E-state index in [0.717, 1.165) is 42.6 Å². The van der Waals surface area contributed by atoms with E-state index in [1.165, 1.54) is 23.1 Å². The summed E-state index contributed by atoms with van der Waals surface area (Å²) >= 11 is 2.84. The molecule has 166 valence electrons. The van der Waals surface area contributed by atoms with Gasteiger partial charge in [0, 0.05) is 4.88 Å². The van der Waals surface area contributed by atoms with Crippen molar-refractivity contribution in [2.45, 2.75) is 56.0 Å². The number of methoxy groups -OCH3 is 1. The molecule has 0 bridgehead atoms. The van der Waals surface area contributed by atoms with Crippen LogP contribution in [0.2, 0.25) is 0 Å². The van der Waals surface area contributed by atoms with E-state index in [9.17, 15) is 10.1 Å². The topological polar surface area (TPSA) is 106 Å². The summed E-state index contributed by atoms with van der Waals surface area (Å²) in [6.07, 6.45) is 5.31. The van der Waals surface area contributed by atoms with Crippen LogP contribution < -0.4 is 10.1 Å². The van der Waals surface area contributed by atoms with Crippen molar-refractivity contribution in [3.8, 4) is 11.8 Å². The Morgan fingerprint density at radius 2 is 2.09 bits per heavy atom. The van der Waals surface area contributed by atoms with E-state index in [1.807, 2.05) is 31.2 Å². The molecule has 1 aliphatic carbocycles. The highest BCUT2D eigenvalue weighted by atomic mass is 32.2. The molecule has 0 saturated heterocycles. The maximum Gasteiger partial charge on any atom is 0.238 e. The van der Waals surface area contributed by atoms with Gasteiger partial charge in [-0.2, -0.15) is 5.26 Å². The van der Waals surface area contributed by atoms with Gasteiger partial charge in [0.15, 0.2) is 0 Å². The number of benzene rings is 1. The molecular formula is C22H24N6O2S2. The van der Waals surface area contributed by atoms with Gasteiger partial charge in [-0.3, -0.25) is 4.79 Å². The first kappa shape index (κ1) is 22.3. The summed E-state index contributed by atoms with van der Waals surface area (Å²) < 4.78 is 6.86. The van der Waals surface area contributed by atoms with Gasteiger partial charge in [-0.05, 0) is 66.3 Å². The Morgan fingerprint density at radius 1 is 1.31 bits per heavy atom. The van der Waals surface area contributed by atoms with Gasteiger partial charge < -0.3 is 10.1 Å². The Hall–Kier alpha value is -2.90. The van der Waals surface area contributed by atoms with Crippen LogP contribution in [0, 0.1) is 11.3 Å². The van der Waals surface area contributed by atoms with Crippen LogP contribution in [0.5, 0.6) is 5.75 Å². The number of ether oxygens (including phenoxy) is 1. The summed E-state index contributed by atoms with van der Waals surface area (Å²) in [5.74, 6) is 0.620. The Bertz CT molecular complexity index is 1130. The number of nitrogens with one attached hydrogen (secondary N) is 1. The molecule has 0 spiro atoms. The van der Waals surface area contributed by atoms with E-state index in [1.54, 1.807) is 23.1 Å². The van der Waals surface area contributed by atoms with Crippen LogP contribution >= 0.6 is 23.1 Å². The molecule has 4 rings (SSSR count). The lowest BCUT2D eigenvalue weighted by Crippen LogP contribution is -2.23. The standard InChI is InChI=1S/C22H24N6O2S2/c1-14(20(29)24-21-18(12-23)17-6-4-3-5-7-19(17)32-21)31-22-25-26-27-28(22)13-15-8-10-16(30-2)11-9-15/h8-11,14H,3-7,13H2,1-2H3,(H,24,29)/t14-/m1/s1. The molecule has 2 aromatic heterocycles. The Balaban J connectivity index is 1.43. The zero-order valence-electron chi connectivity index (χ0n) is 18.0. The van der Waals surface area contributed by atoms with Gasteiger partial charge in [-0.25, -0.2) is 4.68 Å². The molecular weight excluding hydrogens is 444 g/mol. The molecule has 10 heteroatoms. The molecule has 1 atom stereocenters. The van der Waals surface area contributed by atoms with Gasteiger partial charge in [0.25, 0.3) is 0 Å². The minimum Gasteiger partial charge on any atom is -0.497 e. The number of fused-ring (bicyclic) bond motifs is 1. The molecule has 0 aliphatic heterocycles. The van der Waals surface area contributed by atoms with Crippen molar-refractivity contribution in [3.63, 3.8) is 0 Å². The number of tetrazole rings is 1. The van der Waals surface area contributed by atoms with Crippen molar-refractivity contribution in [1.82, 2.24) is 20.2 Å². The highest BCUT2D eigenvalue weighted by Gasteiger charge is 2.24. The third kappa shape index (κ3) is 4.95. The number of hydrogen-bond donors (Lipinski definition) is 1. The Morgan fingerprint density at radius 3 is 2.84 bits per heavy atom. The van der Waals surface area contributed by atoms with Crippen molar-refractivity contribution >= 4 is 34.0 Å². The number of carbonyl (C=O) groups is 1. The van der Waals surface area contributed by atoms with Crippen LogP contribution in [-0.2, 0) is 24.2 Å². The minimum absolute atomic E-state index is 0.165. The number of thiophene rings is 1. The van der Waals surface area contributed by atoms with Crippen LogP contribution in [0.1, 0.15) is 47.8 Å². The normalized spacial score (nSPS) is 14.2. The number of anilines is 1. The third-order valence-corrected chi connectivity index (χ3v) is 7.69. The van der Waals surface area contributed by atoms with Gasteiger partial charge in [-0.1, -0.05) is 30.3 Å². The van der Waals surface area contributed by atoms with E-state index in [0.29, 0.717) is 22.3 Å². The summed E-state index contributed by atoms with van der Waals surface area (Å²) in [7, 11) is 1.63. The molecule has 0 saturated carbocycles. The van der Waals surface area contributed by atoms with Crippen LogP contribution in [0.15, 0.2) is 29.4 Å². The predicted octanol–water partition coefficient (Wildman–Crippen LogP) is 4.05. The first-order valence-corrected chi connectivity index (χ1v) is 12.2. The lowest BCUT2D eigenvalue weighted by molar-refractivity contribution is -0.115. The number of amides is 1. The summed E-state index contributed by atoms with van der Waals surface area (Å²) in [6, 6.07) is 9.99. The molecule has 0 radical (unpaired) electrons. The zero-order valence-corrected chi connectivity index (χ0v) is 19.6. The molecule has 0 fully saturated rings. The average molecular weight is 469 g/mol. The quantitative estimate of drug-likeness (QED) is 0.412. The second kappa shape index (κ2) is 10.1. The number of aromatic nitrogens is 4. The number of aryl methyl sites for hydroxylation is 1. The van der Waals surface area contributed by atoms with Crippen molar-refractivity contribution in [2.24, 2.45) is 0 Å². The van der Waals surface area contributed by atoms with Crippen molar-refractivity contribution < 1.29 is 9.53 Å². The molecule has 8 nitrogen and oxygen atoms in total. The van der Waals surface area contributed by atoms with Gasteiger partial charge in [0.05, 0.1) is 24.5 Å². The van der Waals surface area contributed by atoms with Crippen molar-refractivity contribution in [3.05, 3.63) is 45.8 Å². The average Bonchev–Trinajstić information content (AvgIpc) is 3.29. The first-order valence-electron chi connectivity index (χ1n) is 10.5. The summed E-state index contributed by atoms with van der Waals surface area (Å²) in [5.41, 5.74) is 2.77. The van der Waals surface area contributed by atoms with E-state index < -0.39 is 5.25 Å². The smallest absolute Gasteiger partial charge is 0.238 e. The van der Waals surface area contributed by atoms with E-state index >= 15 is 0 Å². The summed E-state index contributed by atoms with van der Waals surface area (Å²) in [6.45, 7) is 2.31. The van der Waals surface area contributed by atoms with Crippen molar-refractivity contribution in [1.29, 1.82) is 5.26 Å². The van der Waals surface area contributed by atoms with Crippen LogP contribution in [0.25, 0.3) is 0 Å². The maximum atomic E-state index is 12.9. The number of nitriles is 1. The first-order chi connectivity index (χ1) is 15.6. The van der Waals surface area contributed by atoms with Gasteiger partial charge in [-0.15, -0.1) is 16.4 Å². The fourth-order valence-electron chi connectivity index (χ4n) is 3.66. The molecule has 0 unspecified atom stereocenters. The van der Waals surface area contributed by atoms with Gasteiger partial charge >= 0.3 is 0 Å². The third-order valence-electron chi connectivity index (χ3n) is 5.41. The SMILES string of the molecule is COc1ccc(Cn2nnnc2S[C@H](C)C(=O)Nc2sc3c(c2C#N)CCCCC3)cc1. The van der Waals surface area contributed by atoms with Crippen LogP contribution in [0.4, 0.5) is 5.00 Å². The highest BCUT2D eigenvalue weighted by Crippen LogP contribution is 2.37. The molecule has 1 N–H and O–H groups in total. The lowest BCUT2D eigenvalue weighted by Gasteiger charge is -2.11. The maximum absolute atomic E-state index is 12.9. The summed E-state index contributed by atoms with van der Waals surface area (Å²) in [5, 5.41) is 25.4. The van der Waals surface area contributed by atoms with Crippen molar-refractivity contribution in [2.75, 3.05) is 12.4 Å². The fraction of sp³-hybridized carbons (Fsp3) is 0.409. The second-order valence-electron chi connectivity index (χ2n) is 7.60. The predicted molar refractivity (Wildman–Crippen MR) is 124 cm³/mol. The number of nitrogens with zero attached hydrogens (tertiary/aromatic N) is 5. The van der Waals surface area contributed by atoms with Crippen LogP contribution in [0.3, 0.4) is 0 Å². The highest BCUT2D eigenvalue weighted by molar-refractivity contribution is 8.00. The second-order valence-corrected chi connectivity index (χ2v) is 10.0. The minimum atomic E-state index is -0.427. The number of rotatable bonds is 7. The number of carbonyl (C=O) groups excluding carboxylic acids is 1. The van der Waals surface area contributed by atoms with E-state index in [2.05, 4.69) is 26.9 Å². The number of thioether (sulfide) groups is 1. The molecule has 2 heterocycles. The molecule has 1 aliphatic rings.